The van der Waals surface area contributed by atoms with Crippen molar-refractivity contribution in [1.82, 2.24) is 0 Å². The standard InChI is InChI=1S/C10H12Cl2O/c1-7-3-4-9(12)10(5-7)13-8(2)6-11/h3-5,8H,6H2,1-2H3. The second-order valence-electron chi connectivity index (χ2n) is 3.02. The SMILES string of the molecule is Cc1ccc(Cl)c(OC(C)CCl)c1. The van der Waals surface area contributed by atoms with E-state index in [-0.39, 0.29) is 6.10 Å². The van der Waals surface area contributed by atoms with Gasteiger partial charge in [-0.1, -0.05) is 17.7 Å². The molecule has 1 atom stereocenters. The molecular formula is C10H12Cl2O. The second-order valence-corrected chi connectivity index (χ2v) is 3.73. The van der Waals surface area contributed by atoms with E-state index in [0.717, 1.165) is 5.56 Å². The maximum absolute atomic E-state index is 5.93. The number of hydrogen-bond acceptors (Lipinski definition) is 1. The highest BCUT2D eigenvalue weighted by Gasteiger charge is 2.05. The number of alkyl halides is 1. The summed E-state index contributed by atoms with van der Waals surface area (Å²) in [5, 5.41) is 0.627. The molecule has 0 fully saturated rings. The van der Waals surface area contributed by atoms with E-state index in [1.807, 2.05) is 32.0 Å². The average Bonchev–Trinajstić information content (AvgIpc) is 2.11. The molecule has 0 amide bonds. The number of benzene rings is 1. The molecule has 1 nitrogen and oxygen atoms in total. The Morgan fingerprint density at radius 1 is 1.46 bits per heavy atom. The van der Waals surface area contributed by atoms with Crippen LogP contribution in [-0.4, -0.2) is 12.0 Å². The van der Waals surface area contributed by atoms with Gasteiger partial charge in [0.05, 0.1) is 10.9 Å². The molecule has 0 bridgehead atoms. The van der Waals surface area contributed by atoms with Gasteiger partial charge in [0.15, 0.2) is 0 Å². The van der Waals surface area contributed by atoms with Crippen molar-refractivity contribution in [1.29, 1.82) is 0 Å². The molecule has 0 spiro atoms. The van der Waals surface area contributed by atoms with Crippen LogP contribution in [0.15, 0.2) is 18.2 Å². The van der Waals surface area contributed by atoms with Crippen molar-refractivity contribution < 1.29 is 4.74 Å². The second kappa shape index (κ2) is 4.73. The lowest BCUT2D eigenvalue weighted by molar-refractivity contribution is 0.245. The number of aryl methyl sites for hydroxylation is 1. The van der Waals surface area contributed by atoms with Gasteiger partial charge in [0.2, 0.25) is 0 Å². The predicted octanol–water partition coefficient (Wildman–Crippen LogP) is 3.65. The van der Waals surface area contributed by atoms with Crippen molar-refractivity contribution in [3.63, 3.8) is 0 Å². The monoisotopic (exact) mass is 218 g/mol. The van der Waals surface area contributed by atoms with Crippen molar-refractivity contribution in [3.05, 3.63) is 28.8 Å². The molecule has 0 aliphatic rings. The molecule has 0 radical (unpaired) electrons. The van der Waals surface area contributed by atoms with Crippen LogP contribution in [0.4, 0.5) is 0 Å². The Kier molecular flexibility index (Phi) is 3.89. The highest BCUT2D eigenvalue weighted by Crippen LogP contribution is 2.26. The molecule has 0 aliphatic carbocycles. The molecule has 0 saturated heterocycles. The Bertz CT molecular complexity index is 286. The van der Waals surface area contributed by atoms with E-state index < -0.39 is 0 Å². The van der Waals surface area contributed by atoms with Crippen LogP contribution in [0.25, 0.3) is 0 Å². The van der Waals surface area contributed by atoms with Crippen molar-refractivity contribution >= 4 is 23.2 Å². The van der Waals surface area contributed by atoms with Crippen molar-refractivity contribution in [2.24, 2.45) is 0 Å². The molecule has 13 heavy (non-hydrogen) atoms. The number of rotatable bonds is 3. The zero-order valence-electron chi connectivity index (χ0n) is 7.68. The van der Waals surface area contributed by atoms with Gasteiger partial charge in [0.25, 0.3) is 0 Å². The molecule has 1 rings (SSSR count). The predicted molar refractivity (Wildman–Crippen MR) is 57.0 cm³/mol. The molecule has 1 unspecified atom stereocenters. The Balaban J connectivity index is 2.81. The van der Waals surface area contributed by atoms with Crippen LogP contribution in [0.1, 0.15) is 12.5 Å². The van der Waals surface area contributed by atoms with Gasteiger partial charge in [-0.3, -0.25) is 0 Å². The summed E-state index contributed by atoms with van der Waals surface area (Å²) in [6.07, 6.45) is -0.0130. The highest BCUT2D eigenvalue weighted by molar-refractivity contribution is 6.32. The van der Waals surface area contributed by atoms with Gasteiger partial charge in [-0.25, -0.2) is 0 Å². The molecule has 1 aromatic carbocycles. The lowest BCUT2D eigenvalue weighted by atomic mass is 10.2. The molecule has 3 heteroatoms. The van der Waals surface area contributed by atoms with Crippen LogP contribution in [-0.2, 0) is 0 Å². The van der Waals surface area contributed by atoms with Gasteiger partial charge in [-0.05, 0) is 31.5 Å². The van der Waals surface area contributed by atoms with Crippen LogP contribution in [0, 0.1) is 6.92 Å². The van der Waals surface area contributed by atoms with Gasteiger partial charge in [-0.15, -0.1) is 11.6 Å². The van der Waals surface area contributed by atoms with Crippen molar-refractivity contribution in [3.8, 4) is 5.75 Å². The highest BCUT2D eigenvalue weighted by atomic mass is 35.5. The Morgan fingerprint density at radius 3 is 2.77 bits per heavy atom. The van der Waals surface area contributed by atoms with E-state index in [4.69, 9.17) is 27.9 Å². The van der Waals surface area contributed by atoms with E-state index in [9.17, 15) is 0 Å². The molecule has 1 aromatic rings. The molecule has 72 valence electrons. The Morgan fingerprint density at radius 2 is 2.15 bits per heavy atom. The molecule has 0 N–H and O–H groups in total. The molecule has 0 aliphatic heterocycles. The van der Waals surface area contributed by atoms with Crippen molar-refractivity contribution in [2.75, 3.05) is 5.88 Å². The molecular weight excluding hydrogens is 207 g/mol. The smallest absolute Gasteiger partial charge is 0.138 e. The van der Waals surface area contributed by atoms with Crippen LogP contribution in [0.5, 0.6) is 5.75 Å². The maximum atomic E-state index is 5.93. The van der Waals surface area contributed by atoms with E-state index in [0.29, 0.717) is 16.7 Å². The van der Waals surface area contributed by atoms with Gasteiger partial charge in [0, 0.05) is 0 Å². The minimum absolute atomic E-state index is 0.0130. The summed E-state index contributed by atoms with van der Waals surface area (Å²) in [5.74, 6) is 1.17. The molecule has 0 heterocycles. The normalized spacial score (nSPS) is 12.6. The minimum Gasteiger partial charge on any atom is -0.488 e. The van der Waals surface area contributed by atoms with Crippen molar-refractivity contribution in [2.45, 2.75) is 20.0 Å². The van der Waals surface area contributed by atoms with Gasteiger partial charge in [0.1, 0.15) is 11.9 Å². The summed E-state index contributed by atoms with van der Waals surface area (Å²) in [4.78, 5) is 0. The van der Waals surface area contributed by atoms with Gasteiger partial charge >= 0.3 is 0 Å². The first kappa shape index (κ1) is 10.7. The quantitative estimate of drug-likeness (QED) is 0.705. The lowest BCUT2D eigenvalue weighted by Gasteiger charge is -2.13. The summed E-state index contributed by atoms with van der Waals surface area (Å²) < 4.78 is 5.51. The first-order valence-corrected chi connectivity index (χ1v) is 5.03. The van der Waals surface area contributed by atoms with Crippen LogP contribution in [0.3, 0.4) is 0 Å². The van der Waals surface area contributed by atoms with Crippen LogP contribution < -0.4 is 4.74 Å². The van der Waals surface area contributed by atoms with Gasteiger partial charge < -0.3 is 4.74 Å². The summed E-state index contributed by atoms with van der Waals surface area (Å²) in [7, 11) is 0. The molecule has 0 saturated carbocycles. The zero-order chi connectivity index (χ0) is 9.84. The fourth-order valence-corrected chi connectivity index (χ4v) is 1.17. The number of halogens is 2. The van der Waals surface area contributed by atoms with E-state index in [2.05, 4.69) is 0 Å². The Labute approximate surface area is 88.6 Å². The maximum Gasteiger partial charge on any atom is 0.138 e. The lowest BCUT2D eigenvalue weighted by Crippen LogP contribution is -2.13. The third kappa shape index (κ3) is 3.09. The fraction of sp³-hybridized carbons (Fsp3) is 0.400. The molecule has 0 aromatic heterocycles. The zero-order valence-corrected chi connectivity index (χ0v) is 9.19. The number of hydrogen-bond donors (Lipinski definition) is 0. The largest absolute Gasteiger partial charge is 0.488 e. The summed E-state index contributed by atoms with van der Waals surface area (Å²) in [6, 6.07) is 5.68. The first-order valence-electron chi connectivity index (χ1n) is 4.12. The van der Waals surface area contributed by atoms with E-state index >= 15 is 0 Å². The average molecular weight is 219 g/mol. The minimum atomic E-state index is -0.0130. The topological polar surface area (TPSA) is 9.23 Å². The van der Waals surface area contributed by atoms with E-state index in [1.165, 1.54) is 0 Å². The van der Waals surface area contributed by atoms with Crippen LogP contribution in [0.2, 0.25) is 5.02 Å². The van der Waals surface area contributed by atoms with Crippen LogP contribution >= 0.6 is 23.2 Å². The number of ether oxygens (including phenoxy) is 1. The first-order chi connectivity index (χ1) is 6.13. The Hall–Kier alpha value is -0.400. The van der Waals surface area contributed by atoms with E-state index in [1.54, 1.807) is 0 Å². The third-order valence-corrected chi connectivity index (χ3v) is 2.38. The summed E-state index contributed by atoms with van der Waals surface area (Å²) in [5.41, 5.74) is 1.13. The summed E-state index contributed by atoms with van der Waals surface area (Å²) >= 11 is 11.6. The van der Waals surface area contributed by atoms with Gasteiger partial charge in [-0.2, -0.15) is 0 Å². The fourth-order valence-electron chi connectivity index (χ4n) is 0.949. The third-order valence-electron chi connectivity index (χ3n) is 1.63. The summed E-state index contributed by atoms with van der Waals surface area (Å²) in [6.45, 7) is 3.90.